The summed E-state index contributed by atoms with van der Waals surface area (Å²) in [5, 5.41) is 16.0. The first kappa shape index (κ1) is 18.1. The summed E-state index contributed by atoms with van der Waals surface area (Å²) >= 11 is 0. The lowest BCUT2D eigenvalue weighted by Crippen LogP contribution is -2.45. The number of amides is 2. The molecule has 130 valence electrons. The fraction of sp³-hybridized carbons (Fsp3) is 0.222. The molecule has 0 aromatic heterocycles. The summed E-state index contributed by atoms with van der Waals surface area (Å²) < 4.78 is 0. The summed E-state index contributed by atoms with van der Waals surface area (Å²) in [5.41, 5.74) is 1.07. The van der Waals surface area contributed by atoms with Gasteiger partial charge in [-0.3, -0.25) is 19.7 Å². The molecular formula is C18H19N3O4. The Labute approximate surface area is 145 Å². The first-order valence-electron chi connectivity index (χ1n) is 7.84. The van der Waals surface area contributed by atoms with Gasteiger partial charge in [0.05, 0.1) is 4.92 Å². The third-order valence-electron chi connectivity index (χ3n) is 3.62. The highest BCUT2D eigenvalue weighted by Crippen LogP contribution is 2.13. The van der Waals surface area contributed by atoms with Gasteiger partial charge in [-0.25, -0.2) is 0 Å². The Morgan fingerprint density at radius 2 is 1.84 bits per heavy atom. The maximum absolute atomic E-state index is 12.1. The molecule has 0 saturated carbocycles. The highest BCUT2D eigenvalue weighted by molar-refractivity contribution is 5.97. The molecule has 25 heavy (non-hydrogen) atoms. The van der Waals surface area contributed by atoms with Crippen molar-refractivity contribution < 1.29 is 14.5 Å². The first-order chi connectivity index (χ1) is 12.0. The van der Waals surface area contributed by atoms with E-state index in [4.69, 9.17) is 0 Å². The SMILES string of the molecule is CC(NC(=O)c1cccc([N+](=O)[O-])c1)C(=O)NCCc1ccccc1. The summed E-state index contributed by atoms with van der Waals surface area (Å²) in [6.45, 7) is 2.02. The molecule has 0 aliphatic heterocycles. The number of carbonyl (C=O) groups excluding carboxylic acids is 2. The lowest BCUT2D eigenvalue weighted by atomic mass is 10.1. The standard InChI is InChI=1S/C18H19N3O4/c1-13(17(22)19-11-10-14-6-3-2-4-7-14)20-18(23)15-8-5-9-16(12-15)21(24)25/h2-9,12-13H,10-11H2,1H3,(H,19,22)(H,20,23). The van der Waals surface area contributed by atoms with Gasteiger partial charge in [0.15, 0.2) is 0 Å². The molecular weight excluding hydrogens is 322 g/mol. The van der Waals surface area contributed by atoms with E-state index in [1.807, 2.05) is 30.3 Å². The smallest absolute Gasteiger partial charge is 0.270 e. The Kier molecular flexibility index (Phi) is 6.22. The van der Waals surface area contributed by atoms with Gasteiger partial charge in [0.1, 0.15) is 6.04 Å². The third kappa shape index (κ3) is 5.42. The predicted octanol–water partition coefficient (Wildman–Crippen LogP) is 2.07. The van der Waals surface area contributed by atoms with Gasteiger partial charge in [0, 0.05) is 24.2 Å². The van der Waals surface area contributed by atoms with E-state index in [0.29, 0.717) is 13.0 Å². The maximum atomic E-state index is 12.1. The molecule has 1 atom stereocenters. The van der Waals surface area contributed by atoms with E-state index in [2.05, 4.69) is 10.6 Å². The predicted molar refractivity (Wildman–Crippen MR) is 93.2 cm³/mol. The molecule has 2 rings (SSSR count). The van der Waals surface area contributed by atoms with Gasteiger partial charge in [-0.15, -0.1) is 0 Å². The Morgan fingerprint density at radius 3 is 2.52 bits per heavy atom. The average Bonchev–Trinajstić information content (AvgIpc) is 2.62. The van der Waals surface area contributed by atoms with Crippen LogP contribution in [0.5, 0.6) is 0 Å². The quantitative estimate of drug-likeness (QED) is 0.594. The molecule has 0 saturated heterocycles. The largest absolute Gasteiger partial charge is 0.354 e. The monoisotopic (exact) mass is 341 g/mol. The zero-order valence-corrected chi connectivity index (χ0v) is 13.8. The zero-order valence-electron chi connectivity index (χ0n) is 13.8. The number of nitro benzene ring substituents is 1. The summed E-state index contributed by atoms with van der Waals surface area (Å²) in [5.74, 6) is -0.843. The van der Waals surface area contributed by atoms with Gasteiger partial charge in [-0.2, -0.15) is 0 Å². The van der Waals surface area contributed by atoms with Gasteiger partial charge in [-0.05, 0) is 25.0 Å². The fourth-order valence-corrected chi connectivity index (χ4v) is 2.23. The zero-order chi connectivity index (χ0) is 18.2. The summed E-state index contributed by atoms with van der Waals surface area (Å²) in [7, 11) is 0. The van der Waals surface area contributed by atoms with E-state index >= 15 is 0 Å². The van der Waals surface area contributed by atoms with Crippen LogP contribution in [0, 0.1) is 10.1 Å². The Balaban J connectivity index is 1.84. The van der Waals surface area contributed by atoms with Gasteiger partial charge in [0.2, 0.25) is 5.91 Å². The Bertz CT molecular complexity index is 762. The average molecular weight is 341 g/mol. The normalized spacial score (nSPS) is 11.4. The summed E-state index contributed by atoms with van der Waals surface area (Å²) in [6, 6.07) is 14.3. The highest BCUT2D eigenvalue weighted by atomic mass is 16.6. The van der Waals surface area contributed by atoms with Crippen LogP contribution >= 0.6 is 0 Å². The molecule has 2 aromatic carbocycles. The van der Waals surface area contributed by atoms with Crippen LogP contribution in [0.1, 0.15) is 22.8 Å². The fourth-order valence-electron chi connectivity index (χ4n) is 2.23. The molecule has 1 unspecified atom stereocenters. The molecule has 0 aliphatic rings. The van der Waals surface area contributed by atoms with Gasteiger partial charge < -0.3 is 10.6 Å². The summed E-state index contributed by atoms with van der Waals surface area (Å²) in [4.78, 5) is 34.3. The number of nitrogens with zero attached hydrogens (tertiary/aromatic N) is 1. The molecule has 0 radical (unpaired) electrons. The van der Waals surface area contributed by atoms with E-state index in [0.717, 1.165) is 5.56 Å². The van der Waals surface area contributed by atoms with Crippen molar-refractivity contribution in [3.63, 3.8) is 0 Å². The molecule has 7 nitrogen and oxygen atoms in total. The van der Waals surface area contributed by atoms with Gasteiger partial charge in [0.25, 0.3) is 11.6 Å². The Morgan fingerprint density at radius 1 is 1.12 bits per heavy atom. The molecule has 0 spiro atoms. The van der Waals surface area contributed by atoms with Crippen LogP contribution in [0.2, 0.25) is 0 Å². The number of hydrogen-bond acceptors (Lipinski definition) is 4. The maximum Gasteiger partial charge on any atom is 0.270 e. The van der Waals surface area contributed by atoms with Gasteiger partial charge in [-0.1, -0.05) is 36.4 Å². The lowest BCUT2D eigenvalue weighted by molar-refractivity contribution is -0.384. The van der Waals surface area contributed by atoms with Crippen molar-refractivity contribution in [3.8, 4) is 0 Å². The van der Waals surface area contributed by atoms with Crippen LogP contribution in [-0.4, -0.2) is 29.3 Å². The van der Waals surface area contributed by atoms with Crippen LogP contribution in [0.3, 0.4) is 0 Å². The number of nitrogens with one attached hydrogen (secondary N) is 2. The van der Waals surface area contributed by atoms with Crippen molar-refractivity contribution >= 4 is 17.5 Å². The molecule has 2 amide bonds. The van der Waals surface area contributed by atoms with Crippen LogP contribution in [0.25, 0.3) is 0 Å². The molecule has 0 heterocycles. The van der Waals surface area contributed by atoms with Crippen LogP contribution in [0.4, 0.5) is 5.69 Å². The number of non-ortho nitro benzene ring substituents is 1. The molecule has 2 N–H and O–H groups in total. The van der Waals surface area contributed by atoms with E-state index in [1.54, 1.807) is 6.92 Å². The minimum absolute atomic E-state index is 0.137. The first-order valence-corrected chi connectivity index (χ1v) is 7.84. The molecule has 0 fully saturated rings. The summed E-state index contributed by atoms with van der Waals surface area (Å²) in [6.07, 6.45) is 0.693. The van der Waals surface area contributed by atoms with Crippen molar-refractivity contribution in [3.05, 3.63) is 75.8 Å². The van der Waals surface area contributed by atoms with Gasteiger partial charge >= 0.3 is 0 Å². The van der Waals surface area contributed by atoms with Crippen molar-refractivity contribution in [2.75, 3.05) is 6.54 Å². The lowest BCUT2D eigenvalue weighted by Gasteiger charge is -2.14. The number of rotatable bonds is 7. The number of nitro groups is 1. The van der Waals surface area contributed by atoms with Crippen molar-refractivity contribution in [2.24, 2.45) is 0 Å². The Hall–Kier alpha value is -3.22. The minimum Gasteiger partial charge on any atom is -0.354 e. The third-order valence-corrected chi connectivity index (χ3v) is 3.62. The molecule has 0 bridgehead atoms. The second-order valence-electron chi connectivity index (χ2n) is 5.53. The topological polar surface area (TPSA) is 101 Å². The highest BCUT2D eigenvalue weighted by Gasteiger charge is 2.17. The second-order valence-corrected chi connectivity index (χ2v) is 5.53. The molecule has 2 aromatic rings. The van der Waals surface area contributed by atoms with E-state index in [9.17, 15) is 19.7 Å². The van der Waals surface area contributed by atoms with Crippen LogP contribution in [-0.2, 0) is 11.2 Å². The van der Waals surface area contributed by atoms with E-state index in [1.165, 1.54) is 24.3 Å². The number of benzene rings is 2. The van der Waals surface area contributed by atoms with E-state index < -0.39 is 16.9 Å². The second kappa shape index (κ2) is 8.58. The van der Waals surface area contributed by atoms with Crippen molar-refractivity contribution in [1.82, 2.24) is 10.6 Å². The van der Waals surface area contributed by atoms with Crippen LogP contribution in [0.15, 0.2) is 54.6 Å². The van der Waals surface area contributed by atoms with Crippen LogP contribution < -0.4 is 10.6 Å². The number of hydrogen-bond donors (Lipinski definition) is 2. The van der Waals surface area contributed by atoms with Crippen molar-refractivity contribution in [1.29, 1.82) is 0 Å². The van der Waals surface area contributed by atoms with E-state index in [-0.39, 0.29) is 17.2 Å². The molecule has 0 aliphatic carbocycles. The molecule has 7 heteroatoms. The van der Waals surface area contributed by atoms with Crippen molar-refractivity contribution in [2.45, 2.75) is 19.4 Å². The number of carbonyl (C=O) groups is 2. The minimum atomic E-state index is -0.748.